The third kappa shape index (κ3) is 8.08. The van der Waals surface area contributed by atoms with Crippen molar-refractivity contribution in [3.63, 3.8) is 0 Å². The maximum absolute atomic E-state index is 12.5. The molecule has 1 aromatic heterocycles. The predicted molar refractivity (Wildman–Crippen MR) is 103 cm³/mol. The number of amides is 1. The molecular weight excluding hydrogens is 387 g/mol. The number of guanidine groups is 1. The average Bonchev–Trinajstić information content (AvgIpc) is 2.69. The summed E-state index contributed by atoms with van der Waals surface area (Å²) in [7, 11) is 0. The lowest BCUT2D eigenvalue weighted by molar-refractivity contribution is -0.274. The van der Waals surface area contributed by atoms with Crippen LogP contribution in [0.2, 0.25) is 0 Å². The normalized spacial score (nSPS) is 11.7. The Kier molecular flexibility index (Phi) is 8.26. The van der Waals surface area contributed by atoms with E-state index in [0.29, 0.717) is 36.7 Å². The Labute approximate surface area is 166 Å². The van der Waals surface area contributed by atoms with Crippen molar-refractivity contribution >= 4 is 11.9 Å². The first-order valence-corrected chi connectivity index (χ1v) is 8.93. The molecule has 0 saturated heterocycles. The highest BCUT2D eigenvalue weighted by Crippen LogP contribution is 2.26. The molecule has 156 valence electrons. The lowest BCUT2D eigenvalue weighted by atomic mass is 10.2. The monoisotopic (exact) mass is 409 g/mol. The second-order valence-electron chi connectivity index (χ2n) is 5.78. The number of ether oxygens (including phenoxy) is 1. The van der Waals surface area contributed by atoms with Gasteiger partial charge in [0.15, 0.2) is 5.96 Å². The fraction of sp³-hybridized carbons (Fsp3) is 0.316. The van der Waals surface area contributed by atoms with Gasteiger partial charge < -0.3 is 20.7 Å². The molecule has 0 aliphatic carbocycles. The molecule has 2 rings (SSSR count). The summed E-state index contributed by atoms with van der Waals surface area (Å²) in [6.07, 6.45) is -1.72. The Balaban J connectivity index is 1.89. The van der Waals surface area contributed by atoms with Gasteiger partial charge in [-0.05, 0) is 25.1 Å². The van der Waals surface area contributed by atoms with E-state index in [2.05, 4.69) is 30.7 Å². The van der Waals surface area contributed by atoms with Crippen LogP contribution in [0.25, 0.3) is 0 Å². The molecule has 0 unspecified atom stereocenters. The van der Waals surface area contributed by atoms with Crippen molar-refractivity contribution < 1.29 is 22.7 Å². The van der Waals surface area contributed by atoms with Gasteiger partial charge >= 0.3 is 6.36 Å². The predicted octanol–water partition coefficient (Wildman–Crippen LogP) is 2.47. The van der Waals surface area contributed by atoms with Gasteiger partial charge in [-0.2, -0.15) is 0 Å². The van der Waals surface area contributed by atoms with Crippen LogP contribution in [0, 0.1) is 0 Å². The molecule has 0 spiro atoms. The summed E-state index contributed by atoms with van der Waals surface area (Å²) in [5.41, 5.74) is 0.751. The maximum Gasteiger partial charge on any atom is 0.573 e. The number of halogens is 3. The van der Waals surface area contributed by atoms with Crippen LogP contribution in [0.4, 0.5) is 13.2 Å². The summed E-state index contributed by atoms with van der Waals surface area (Å²) in [5, 5.41) is 8.74. The van der Waals surface area contributed by atoms with Crippen LogP contribution >= 0.6 is 0 Å². The zero-order valence-corrected chi connectivity index (χ0v) is 15.8. The van der Waals surface area contributed by atoms with Crippen LogP contribution in [-0.2, 0) is 6.54 Å². The molecule has 3 N–H and O–H groups in total. The summed E-state index contributed by atoms with van der Waals surface area (Å²) in [6, 6.07) is 9.16. The molecule has 29 heavy (non-hydrogen) atoms. The van der Waals surface area contributed by atoms with Crippen LogP contribution in [0.3, 0.4) is 0 Å². The highest BCUT2D eigenvalue weighted by atomic mass is 19.4. The minimum Gasteiger partial charge on any atom is -0.405 e. The summed E-state index contributed by atoms with van der Waals surface area (Å²) in [5.74, 6) is -0.131. The van der Waals surface area contributed by atoms with Crippen LogP contribution in [0.5, 0.6) is 5.75 Å². The zero-order valence-electron chi connectivity index (χ0n) is 15.8. The van der Waals surface area contributed by atoms with Crippen molar-refractivity contribution in [2.75, 3.05) is 19.6 Å². The lowest BCUT2D eigenvalue weighted by Crippen LogP contribution is -2.41. The summed E-state index contributed by atoms with van der Waals surface area (Å²) in [6.45, 7) is 3.12. The number of nitrogens with one attached hydrogen (secondary N) is 3. The number of hydrogen-bond acceptors (Lipinski definition) is 4. The molecule has 1 heterocycles. The van der Waals surface area contributed by atoms with Crippen LogP contribution < -0.4 is 20.7 Å². The van der Waals surface area contributed by atoms with Gasteiger partial charge in [0.25, 0.3) is 5.91 Å². The van der Waals surface area contributed by atoms with Crippen molar-refractivity contribution in [2.45, 2.75) is 19.8 Å². The van der Waals surface area contributed by atoms with E-state index >= 15 is 0 Å². The standard InChI is InChI=1S/C19H22F3N5O2/c1-2-24-18(26-11-10-25-17(28)15-7-5-9-23-12-15)27-13-14-6-3-4-8-16(14)29-19(20,21)22/h3-9,12H,2,10-11,13H2,1H3,(H,25,28)(H2,24,26,27). The number of nitrogens with zero attached hydrogens (tertiary/aromatic N) is 2. The molecule has 10 heteroatoms. The number of carbonyl (C=O) groups is 1. The molecule has 2 aromatic rings. The first kappa shape index (κ1) is 22.0. The van der Waals surface area contributed by atoms with Gasteiger partial charge in [-0.25, -0.2) is 4.99 Å². The number of rotatable bonds is 8. The average molecular weight is 409 g/mol. The SMILES string of the molecule is CCNC(=NCc1ccccc1OC(F)(F)F)NCCNC(=O)c1cccnc1. The van der Waals surface area contributed by atoms with E-state index in [9.17, 15) is 18.0 Å². The molecule has 0 saturated carbocycles. The molecule has 0 radical (unpaired) electrons. The Bertz CT molecular complexity index is 813. The van der Waals surface area contributed by atoms with E-state index in [4.69, 9.17) is 0 Å². The third-order valence-corrected chi connectivity index (χ3v) is 3.58. The van der Waals surface area contributed by atoms with Gasteiger partial charge in [0.2, 0.25) is 0 Å². The third-order valence-electron chi connectivity index (χ3n) is 3.58. The fourth-order valence-electron chi connectivity index (χ4n) is 2.32. The molecule has 0 atom stereocenters. The fourth-order valence-corrected chi connectivity index (χ4v) is 2.32. The number of benzene rings is 1. The van der Waals surface area contributed by atoms with Gasteiger partial charge in [-0.3, -0.25) is 9.78 Å². The maximum atomic E-state index is 12.5. The minimum atomic E-state index is -4.77. The van der Waals surface area contributed by atoms with Crippen LogP contribution in [0.15, 0.2) is 53.8 Å². The molecule has 1 amide bonds. The van der Waals surface area contributed by atoms with Crippen molar-refractivity contribution in [3.8, 4) is 5.75 Å². The summed E-state index contributed by atoms with van der Waals surface area (Å²) in [4.78, 5) is 20.1. The number of pyridine rings is 1. The van der Waals surface area contributed by atoms with Gasteiger partial charge in [0.1, 0.15) is 5.75 Å². The van der Waals surface area contributed by atoms with E-state index < -0.39 is 6.36 Å². The number of alkyl halides is 3. The molecule has 7 nitrogen and oxygen atoms in total. The summed E-state index contributed by atoms with van der Waals surface area (Å²) < 4.78 is 41.6. The Morgan fingerprint density at radius 1 is 1.10 bits per heavy atom. The Hall–Kier alpha value is -3.30. The van der Waals surface area contributed by atoms with Gasteiger partial charge in [-0.15, -0.1) is 13.2 Å². The van der Waals surface area contributed by atoms with Gasteiger partial charge in [0.05, 0.1) is 12.1 Å². The Morgan fingerprint density at radius 3 is 2.55 bits per heavy atom. The quantitative estimate of drug-likeness (QED) is 0.354. The highest BCUT2D eigenvalue weighted by molar-refractivity contribution is 5.93. The van der Waals surface area contributed by atoms with Crippen molar-refractivity contribution in [1.29, 1.82) is 0 Å². The number of hydrogen-bond donors (Lipinski definition) is 3. The Morgan fingerprint density at radius 2 is 1.86 bits per heavy atom. The van der Waals surface area contributed by atoms with E-state index in [-0.39, 0.29) is 18.2 Å². The van der Waals surface area contributed by atoms with E-state index in [0.717, 1.165) is 0 Å². The lowest BCUT2D eigenvalue weighted by Gasteiger charge is -2.14. The smallest absolute Gasteiger partial charge is 0.405 e. The number of aromatic nitrogens is 1. The van der Waals surface area contributed by atoms with Crippen molar-refractivity contribution in [1.82, 2.24) is 20.9 Å². The second kappa shape index (κ2) is 10.9. The topological polar surface area (TPSA) is 87.6 Å². The number of para-hydroxylation sites is 1. The van der Waals surface area contributed by atoms with Crippen molar-refractivity contribution in [2.24, 2.45) is 4.99 Å². The van der Waals surface area contributed by atoms with E-state index in [1.165, 1.54) is 24.4 Å². The van der Waals surface area contributed by atoms with Crippen LogP contribution in [-0.4, -0.2) is 42.8 Å². The second-order valence-corrected chi connectivity index (χ2v) is 5.78. The van der Waals surface area contributed by atoms with Crippen LogP contribution in [0.1, 0.15) is 22.8 Å². The number of aliphatic imine (C=N–C) groups is 1. The zero-order chi connectivity index (χ0) is 21.1. The largest absolute Gasteiger partial charge is 0.573 e. The van der Waals surface area contributed by atoms with Gasteiger partial charge in [0, 0.05) is 37.6 Å². The molecule has 0 aliphatic rings. The molecule has 0 aliphatic heterocycles. The van der Waals surface area contributed by atoms with E-state index in [1.807, 2.05) is 6.92 Å². The van der Waals surface area contributed by atoms with Crippen molar-refractivity contribution in [3.05, 3.63) is 59.9 Å². The minimum absolute atomic E-state index is 0.0103. The highest BCUT2D eigenvalue weighted by Gasteiger charge is 2.31. The summed E-state index contributed by atoms with van der Waals surface area (Å²) >= 11 is 0. The molecule has 0 bridgehead atoms. The first-order valence-electron chi connectivity index (χ1n) is 8.93. The van der Waals surface area contributed by atoms with E-state index in [1.54, 1.807) is 24.4 Å². The molecule has 0 fully saturated rings. The molecule has 1 aromatic carbocycles. The molecular formula is C19H22F3N5O2. The first-order chi connectivity index (χ1) is 13.9. The van der Waals surface area contributed by atoms with Gasteiger partial charge in [-0.1, -0.05) is 18.2 Å². The number of carbonyl (C=O) groups excluding carboxylic acids is 1.